The zero-order chi connectivity index (χ0) is 10.2. The zero-order valence-electron chi connectivity index (χ0n) is 8.91. The van der Waals surface area contributed by atoms with Crippen molar-refractivity contribution < 1.29 is 0 Å². The molecule has 0 amide bonds. The second-order valence-corrected chi connectivity index (χ2v) is 5.10. The van der Waals surface area contributed by atoms with Gasteiger partial charge in [0.15, 0.2) is 0 Å². The summed E-state index contributed by atoms with van der Waals surface area (Å²) in [6, 6.07) is 0. The molecule has 0 aliphatic carbocycles. The van der Waals surface area contributed by atoms with Gasteiger partial charge in [-0.05, 0) is 18.3 Å². The summed E-state index contributed by atoms with van der Waals surface area (Å²) in [5, 5.41) is 2.28. The van der Waals surface area contributed by atoms with Crippen LogP contribution in [-0.4, -0.2) is 10.7 Å². The van der Waals surface area contributed by atoms with Gasteiger partial charge in [0.05, 0.1) is 0 Å². The maximum absolute atomic E-state index is 3.66. The van der Waals surface area contributed by atoms with Crippen LogP contribution in [0.4, 0.5) is 0 Å². The molecule has 0 N–H and O–H groups in total. The SMILES string of the molecule is CCCCCC(CBr)(CBr)CCC. The molecule has 0 rings (SSSR count). The average Bonchev–Trinajstić information content (AvgIpc) is 2.17. The second kappa shape index (κ2) is 8.28. The van der Waals surface area contributed by atoms with Crippen molar-refractivity contribution in [3.63, 3.8) is 0 Å². The first-order chi connectivity index (χ1) is 6.24. The minimum atomic E-state index is 0.518. The summed E-state index contributed by atoms with van der Waals surface area (Å²) in [4.78, 5) is 0. The molecule has 0 radical (unpaired) electrons. The molecule has 0 aliphatic rings. The summed E-state index contributed by atoms with van der Waals surface area (Å²) in [6.07, 6.45) is 8.09. The Balaban J connectivity index is 3.89. The van der Waals surface area contributed by atoms with Gasteiger partial charge in [-0.1, -0.05) is 71.4 Å². The predicted molar refractivity (Wildman–Crippen MR) is 69.1 cm³/mol. The largest absolute Gasteiger partial charge is 0.0922 e. The van der Waals surface area contributed by atoms with Gasteiger partial charge in [-0.3, -0.25) is 0 Å². The van der Waals surface area contributed by atoms with E-state index in [4.69, 9.17) is 0 Å². The van der Waals surface area contributed by atoms with Crippen molar-refractivity contribution in [2.75, 3.05) is 10.7 Å². The van der Waals surface area contributed by atoms with E-state index in [0.29, 0.717) is 5.41 Å². The monoisotopic (exact) mass is 312 g/mol. The number of hydrogen-bond donors (Lipinski definition) is 0. The molecule has 13 heavy (non-hydrogen) atoms. The van der Waals surface area contributed by atoms with Crippen molar-refractivity contribution in [1.82, 2.24) is 0 Å². The lowest BCUT2D eigenvalue weighted by Crippen LogP contribution is -2.24. The quantitative estimate of drug-likeness (QED) is 0.430. The van der Waals surface area contributed by atoms with E-state index in [2.05, 4.69) is 45.7 Å². The summed E-state index contributed by atoms with van der Waals surface area (Å²) in [6.45, 7) is 4.55. The third kappa shape index (κ3) is 5.41. The maximum atomic E-state index is 3.66. The topological polar surface area (TPSA) is 0 Å². The Kier molecular flexibility index (Phi) is 8.90. The molecule has 0 aromatic heterocycles. The third-order valence-corrected chi connectivity index (χ3v) is 5.04. The molecule has 0 aromatic rings. The molecule has 0 aliphatic heterocycles. The van der Waals surface area contributed by atoms with Gasteiger partial charge < -0.3 is 0 Å². The molecule has 0 saturated carbocycles. The van der Waals surface area contributed by atoms with E-state index in [9.17, 15) is 0 Å². The Labute approximate surface area is 100 Å². The summed E-state index contributed by atoms with van der Waals surface area (Å²) >= 11 is 7.31. The molecule has 0 unspecified atom stereocenters. The summed E-state index contributed by atoms with van der Waals surface area (Å²) in [7, 11) is 0. The van der Waals surface area contributed by atoms with Crippen LogP contribution in [0.5, 0.6) is 0 Å². The van der Waals surface area contributed by atoms with Gasteiger partial charge in [-0.15, -0.1) is 0 Å². The van der Waals surface area contributed by atoms with E-state index in [-0.39, 0.29) is 0 Å². The Morgan fingerprint density at radius 1 is 0.846 bits per heavy atom. The third-order valence-electron chi connectivity index (χ3n) is 2.66. The summed E-state index contributed by atoms with van der Waals surface area (Å²) in [5.74, 6) is 0. The molecule has 80 valence electrons. The van der Waals surface area contributed by atoms with E-state index in [1.165, 1.54) is 38.5 Å². The molecule has 0 heterocycles. The van der Waals surface area contributed by atoms with Crippen molar-refractivity contribution in [3.05, 3.63) is 0 Å². The molecule has 0 fully saturated rings. The standard InChI is InChI=1S/C11H22Br2/c1-3-5-6-8-11(9-12,10-13)7-4-2/h3-10H2,1-2H3. The van der Waals surface area contributed by atoms with Crippen LogP contribution >= 0.6 is 31.9 Å². The zero-order valence-corrected chi connectivity index (χ0v) is 12.1. The minimum absolute atomic E-state index is 0.518. The summed E-state index contributed by atoms with van der Waals surface area (Å²) < 4.78 is 0. The highest BCUT2D eigenvalue weighted by Gasteiger charge is 2.25. The van der Waals surface area contributed by atoms with Crippen molar-refractivity contribution in [2.24, 2.45) is 5.41 Å². The highest BCUT2D eigenvalue weighted by molar-refractivity contribution is 9.09. The van der Waals surface area contributed by atoms with Gasteiger partial charge in [0, 0.05) is 10.7 Å². The van der Waals surface area contributed by atoms with E-state index >= 15 is 0 Å². The number of unbranched alkanes of at least 4 members (excludes halogenated alkanes) is 2. The van der Waals surface area contributed by atoms with E-state index in [1.54, 1.807) is 0 Å². The van der Waals surface area contributed by atoms with Gasteiger partial charge in [0.1, 0.15) is 0 Å². The van der Waals surface area contributed by atoms with Gasteiger partial charge in [-0.25, -0.2) is 0 Å². The molecule has 0 aromatic carbocycles. The maximum Gasteiger partial charge on any atom is 0.00959 e. The number of rotatable bonds is 8. The van der Waals surface area contributed by atoms with Crippen molar-refractivity contribution in [3.8, 4) is 0 Å². The molecular formula is C11H22Br2. The van der Waals surface area contributed by atoms with Crippen molar-refractivity contribution >= 4 is 31.9 Å². The van der Waals surface area contributed by atoms with Crippen LogP contribution in [0.3, 0.4) is 0 Å². The highest BCUT2D eigenvalue weighted by atomic mass is 79.9. The van der Waals surface area contributed by atoms with Crippen molar-refractivity contribution in [1.29, 1.82) is 0 Å². The Morgan fingerprint density at radius 2 is 1.46 bits per heavy atom. The average molecular weight is 314 g/mol. The predicted octanol–water partition coefficient (Wildman–Crippen LogP) is 5.14. The molecular weight excluding hydrogens is 292 g/mol. The molecule has 0 bridgehead atoms. The van der Waals surface area contributed by atoms with Gasteiger partial charge in [0.25, 0.3) is 0 Å². The first-order valence-electron chi connectivity index (χ1n) is 5.36. The second-order valence-electron chi connectivity index (χ2n) is 3.97. The van der Waals surface area contributed by atoms with E-state index < -0.39 is 0 Å². The van der Waals surface area contributed by atoms with Crippen LogP contribution in [-0.2, 0) is 0 Å². The molecule has 0 spiro atoms. The fourth-order valence-corrected chi connectivity index (χ4v) is 3.76. The fraction of sp³-hybridized carbons (Fsp3) is 1.00. The normalized spacial score (nSPS) is 12.0. The van der Waals surface area contributed by atoms with Crippen molar-refractivity contribution in [2.45, 2.75) is 52.4 Å². The van der Waals surface area contributed by atoms with Gasteiger partial charge in [-0.2, -0.15) is 0 Å². The number of halogens is 2. The van der Waals surface area contributed by atoms with E-state index in [0.717, 1.165) is 10.7 Å². The Hall–Kier alpha value is 0.960. The Bertz CT molecular complexity index is 109. The lowest BCUT2D eigenvalue weighted by Gasteiger charge is -2.29. The number of alkyl halides is 2. The van der Waals surface area contributed by atoms with Gasteiger partial charge >= 0.3 is 0 Å². The van der Waals surface area contributed by atoms with E-state index in [1.807, 2.05) is 0 Å². The molecule has 2 heteroatoms. The first-order valence-corrected chi connectivity index (χ1v) is 7.61. The van der Waals surface area contributed by atoms with Crippen LogP contribution in [0.1, 0.15) is 52.4 Å². The summed E-state index contributed by atoms with van der Waals surface area (Å²) in [5.41, 5.74) is 0.518. The molecule has 0 nitrogen and oxygen atoms in total. The lowest BCUT2D eigenvalue weighted by molar-refractivity contribution is 0.313. The minimum Gasteiger partial charge on any atom is -0.0922 e. The van der Waals surface area contributed by atoms with Crippen LogP contribution in [0, 0.1) is 5.41 Å². The highest BCUT2D eigenvalue weighted by Crippen LogP contribution is 2.34. The molecule has 0 saturated heterocycles. The van der Waals surface area contributed by atoms with Crippen LogP contribution < -0.4 is 0 Å². The van der Waals surface area contributed by atoms with Crippen LogP contribution in [0.25, 0.3) is 0 Å². The van der Waals surface area contributed by atoms with Crippen LogP contribution in [0.15, 0.2) is 0 Å². The smallest absolute Gasteiger partial charge is 0.00959 e. The van der Waals surface area contributed by atoms with Crippen LogP contribution in [0.2, 0.25) is 0 Å². The van der Waals surface area contributed by atoms with Gasteiger partial charge in [0.2, 0.25) is 0 Å². The number of hydrogen-bond acceptors (Lipinski definition) is 0. The first kappa shape index (κ1) is 14.0. The molecule has 0 atom stereocenters. The Morgan fingerprint density at radius 3 is 1.85 bits per heavy atom. The lowest BCUT2D eigenvalue weighted by atomic mass is 9.83. The fourth-order valence-electron chi connectivity index (χ4n) is 1.71.